The number of rotatable bonds is 5. The van der Waals surface area contributed by atoms with E-state index in [0.717, 1.165) is 31.7 Å². The lowest BCUT2D eigenvalue weighted by atomic mass is 9.86. The normalized spacial score (nSPS) is 22.4. The van der Waals surface area contributed by atoms with Gasteiger partial charge in [0.2, 0.25) is 10.0 Å². The number of halogens is 2. The van der Waals surface area contributed by atoms with Gasteiger partial charge in [-0.2, -0.15) is 0 Å². The van der Waals surface area contributed by atoms with Crippen LogP contribution in [-0.2, 0) is 10.0 Å². The van der Waals surface area contributed by atoms with Crippen LogP contribution in [0.1, 0.15) is 46.5 Å². The highest BCUT2D eigenvalue weighted by Crippen LogP contribution is 2.27. The number of sulfonamides is 1. The fourth-order valence-electron chi connectivity index (χ4n) is 2.77. The van der Waals surface area contributed by atoms with Gasteiger partial charge in [-0.3, -0.25) is 0 Å². The van der Waals surface area contributed by atoms with E-state index in [1.54, 1.807) is 20.8 Å². The lowest BCUT2D eigenvalue weighted by Gasteiger charge is -2.31. The van der Waals surface area contributed by atoms with Crippen LogP contribution in [0.2, 0.25) is 0 Å². The largest absolute Gasteiger partial charge is 0.382 e. The molecule has 2 N–H and O–H groups in total. The lowest BCUT2D eigenvalue weighted by Crippen LogP contribution is -2.46. The van der Waals surface area contributed by atoms with E-state index in [1.165, 1.54) is 12.1 Å². The summed E-state index contributed by atoms with van der Waals surface area (Å²) in [7, 11) is -3.33. The van der Waals surface area contributed by atoms with Gasteiger partial charge in [0.25, 0.3) is 0 Å². The van der Waals surface area contributed by atoms with Crippen LogP contribution in [0.25, 0.3) is 0 Å². The number of benzene rings is 1. The van der Waals surface area contributed by atoms with Crippen molar-refractivity contribution in [2.75, 3.05) is 11.9 Å². The summed E-state index contributed by atoms with van der Waals surface area (Å²) >= 11 is 0. The average molecular weight is 360 g/mol. The third-order valence-electron chi connectivity index (χ3n) is 4.49. The first-order chi connectivity index (χ1) is 11.1. The van der Waals surface area contributed by atoms with Gasteiger partial charge in [0.05, 0.1) is 10.4 Å². The second-order valence-corrected chi connectivity index (χ2v) is 9.92. The SMILES string of the molecule is CC(C)(C)S(=O)(=O)N[C@H]1CC[C@H](CNc2ccc(F)cc2F)CC1. The molecule has 0 unspecified atom stereocenters. The fraction of sp³-hybridized carbons (Fsp3) is 0.647. The minimum absolute atomic E-state index is 0.0342. The van der Waals surface area contributed by atoms with E-state index in [4.69, 9.17) is 0 Å². The Morgan fingerprint density at radius 2 is 1.75 bits per heavy atom. The van der Waals surface area contributed by atoms with Crippen molar-refractivity contribution in [3.63, 3.8) is 0 Å². The molecule has 0 heterocycles. The first-order valence-corrected chi connectivity index (χ1v) is 9.77. The van der Waals surface area contributed by atoms with Gasteiger partial charge < -0.3 is 5.32 Å². The maximum atomic E-state index is 13.6. The number of hydrogen-bond donors (Lipinski definition) is 2. The van der Waals surface area contributed by atoms with E-state index in [1.807, 2.05) is 0 Å². The van der Waals surface area contributed by atoms with Crippen LogP contribution >= 0.6 is 0 Å². The van der Waals surface area contributed by atoms with Crippen molar-refractivity contribution in [3.05, 3.63) is 29.8 Å². The van der Waals surface area contributed by atoms with Crippen LogP contribution in [-0.4, -0.2) is 25.8 Å². The first kappa shape index (κ1) is 19.1. The third kappa shape index (κ3) is 4.89. The highest BCUT2D eigenvalue weighted by molar-refractivity contribution is 7.90. The van der Waals surface area contributed by atoms with Crippen LogP contribution in [0.5, 0.6) is 0 Å². The second-order valence-electron chi connectivity index (χ2n) is 7.46. The summed E-state index contributed by atoms with van der Waals surface area (Å²) in [6.45, 7) is 5.65. The molecule has 1 aromatic carbocycles. The Morgan fingerprint density at radius 1 is 1.12 bits per heavy atom. The Kier molecular flexibility index (Phi) is 5.86. The van der Waals surface area contributed by atoms with Crippen molar-refractivity contribution in [3.8, 4) is 0 Å². The van der Waals surface area contributed by atoms with Crippen molar-refractivity contribution in [2.45, 2.75) is 57.2 Å². The standard InChI is InChI=1S/C17H26F2N2O2S/c1-17(2,3)24(22,23)21-14-7-4-12(5-8-14)11-20-16-9-6-13(18)10-15(16)19/h6,9-10,12,14,20-21H,4-5,7-8,11H2,1-3H3/t12-,14-. The van der Waals surface area contributed by atoms with Crippen molar-refractivity contribution >= 4 is 15.7 Å². The van der Waals surface area contributed by atoms with Crippen molar-refractivity contribution in [1.29, 1.82) is 0 Å². The summed E-state index contributed by atoms with van der Waals surface area (Å²) in [5.41, 5.74) is 0.298. The van der Waals surface area contributed by atoms with Crippen LogP contribution in [0, 0.1) is 17.6 Å². The Hall–Kier alpha value is -1.21. The van der Waals surface area contributed by atoms with E-state index in [9.17, 15) is 17.2 Å². The maximum Gasteiger partial charge on any atom is 0.216 e. The molecular formula is C17H26F2N2O2S. The van der Waals surface area contributed by atoms with Gasteiger partial charge in [-0.15, -0.1) is 0 Å². The molecule has 0 saturated heterocycles. The molecule has 1 aromatic rings. The Morgan fingerprint density at radius 3 is 2.29 bits per heavy atom. The summed E-state index contributed by atoms with van der Waals surface area (Å²) in [6.07, 6.45) is 3.28. The molecule has 0 spiro atoms. The van der Waals surface area contributed by atoms with Crippen LogP contribution in [0.4, 0.5) is 14.5 Å². The van der Waals surface area contributed by atoms with Gasteiger partial charge in [0.1, 0.15) is 11.6 Å². The smallest absolute Gasteiger partial charge is 0.216 e. The Balaban J connectivity index is 1.81. The zero-order chi connectivity index (χ0) is 18.0. The molecule has 2 rings (SSSR count). The van der Waals surface area contributed by atoms with E-state index in [2.05, 4.69) is 10.0 Å². The number of hydrogen-bond acceptors (Lipinski definition) is 3. The molecule has 0 radical (unpaired) electrons. The zero-order valence-corrected chi connectivity index (χ0v) is 15.2. The van der Waals surface area contributed by atoms with E-state index < -0.39 is 26.4 Å². The minimum Gasteiger partial charge on any atom is -0.382 e. The molecular weight excluding hydrogens is 334 g/mol. The molecule has 24 heavy (non-hydrogen) atoms. The van der Waals surface area contributed by atoms with E-state index in [-0.39, 0.29) is 6.04 Å². The van der Waals surface area contributed by atoms with Crippen LogP contribution in [0.15, 0.2) is 18.2 Å². The predicted octanol–water partition coefficient (Wildman–Crippen LogP) is 3.65. The van der Waals surface area contributed by atoms with Crippen molar-refractivity contribution < 1.29 is 17.2 Å². The summed E-state index contributed by atoms with van der Waals surface area (Å²) < 4.78 is 52.8. The summed E-state index contributed by atoms with van der Waals surface area (Å²) in [6, 6.07) is 3.45. The van der Waals surface area contributed by atoms with Crippen molar-refractivity contribution in [1.82, 2.24) is 4.72 Å². The molecule has 7 heteroatoms. The van der Waals surface area contributed by atoms with E-state index in [0.29, 0.717) is 18.2 Å². The third-order valence-corrected chi connectivity index (χ3v) is 6.74. The Bertz CT molecular complexity index is 664. The van der Waals surface area contributed by atoms with Gasteiger partial charge in [-0.05, 0) is 64.5 Å². The molecule has 1 aliphatic rings. The summed E-state index contributed by atoms with van der Waals surface area (Å²) in [4.78, 5) is 0. The van der Waals surface area contributed by atoms with Gasteiger partial charge in [-0.1, -0.05) is 0 Å². The van der Waals surface area contributed by atoms with Gasteiger partial charge in [0, 0.05) is 18.7 Å². The highest BCUT2D eigenvalue weighted by Gasteiger charge is 2.32. The molecule has 0 atom stereocenters. The van der Waals surface area contributed by atoms with Gasteiger partial charge in [-0.25, -0.2) is 21.9 Å². The van der Waals surface area contributed by atoms with Crippen LogP contribution in [0.3, 0.4) is 0 Å². The first-order valence-electron chi connectivity index (χ1n) is 8.29. The number of nitrogens with one attached hydrogen (secondary N) is 2. The molecule has 4 nitrogen and oxygen atoms in total. The zero-order valence-electron chi connectivity index (χ0n) is 14.4. The average Bonchev–Trinajstić information content (AvgIpc) is 2.46. The summed E-state index contributed by atoms with van der Waals surface area (Å²) in [5, 5.41) is 3.02. The minimum atomic E-state index is -3.33. The summed E-state index contributed by atoms with van der Waals surface area (Å²) in [5.74, 6) is -0.837. The molecule has 0 aromatic heterocycles. The second kappa shape index (κ2) is 7.35. The fourth-order valence-corrected chi connectivity index (χ4v) is 3.80. The molecule has 1 saturated carbocycles. The van der Waals surface area contributed by atoms with Gasteiger partial charge in [0.15, 0.2) is 0 Å². The topological polar surface area (TPSA) is 58.2 Å². The molecule has 136 valence electrons. The van der Waals surface area contributed by atoms with Gasteiger partial charge >= 0.3 is 0 Å². The monoisotopic (exact) mass is 360 g/mol. The predicted molar refractivity (Wildman–Crippen MR) is 92.4 cm³/mol. The highest BCUT2D eigenvalue weighted by atomic mass is 32.2. The lowest BCUT2D eigenvalue weighted by molar-refractivity contribution is 0.322. The molecule has 0 bridgehead atoms. The maximum absolute atomic E-state index is 13.6. The molecule has 1 fully saturated rings. The molecule has 0 aliphatic heterocycles. The Labute approximate surface area is 143 Å². The molecule has 1 aliphatic carbocycles. The van der Waals surface area contributed by atoms with E-state index >= 15 is 0 Å². The molecule has 0 amide bonds. The van der Waals surface area contributed by atoms with Crippen molar-refractivity contribution in [2.24, 2.45) is 5.92 Å². The number of anilines is 1. The quantitative estimate of drug-likeness (QED) is 0.843. The van der Waals surface area contributed by atoms with Crippen LogP contribution < -0.4 is 10.0 Å².